The Morgan fingerprint density at radius 3 is 2.38 bits per heavy atom. The van der Waals surface area contributed by atoms with E-state index < -0.39 is 10.0 Å². The van der Waals surface area contributed by atoms with Crippen molar-refractivity contribution in [3.05, 3.63) is 71.6 Å². The molecule has 3 rings (SSSR count). The second-order valence-corrected chi connectivity index (χ2v) is 9.60. The molecule has 0 bridgehead atoms. The maximum Gasteiger partial charge on any atom is 0.236 e. The van der Waals surface area contributed by atoms with E-state index in [2.05, 4.69) is 23.7 Å². The zero-order valence-corrected chi connectivity index (χ0v) is 19.6. The molecular formula is C26H32N2O3S. The van der Waals surface area contributed by atoms with E-state index >= 15 is 0 Å². The fraction of sp³-hybridized carbons (Fsp3) is 0.385. The van der Waals surface area contributed by atoms with E-state index in [4.69, 9.17) is 4.74 Å². The molecule has 1 aliphatic rings. The summed E-state index contributed by atoms with van der Waals surface area (Å²) in [5.41, 5.74) is 2.20. The van der Waals surface area contributed by atoms with Gasteiger partial charge < -0.3 is 9.64 Å². The number of benzene rings is 2. The van der Waals surface area contributed by atoms with Gasteiger partial charge in [-0.3, -0.25) is 0 Å². The highest BCUT2D eigenvalue weighted by molar-refractivity contribution is 7.92. The van der Waals surface area contributed by atoms with Gasteiger partial charge in [0.1, 0.15) is 12.4 Å². The zero-order chi connectivity index (χ0) is 22.7. The summed E-state index contributed by atoms with van der Waals surface area (Å²) in [4.78, 5) is 2.20. The number of allylic oxidation sites excluding steroid dienone is 1. The van der Waals surface area contributed by atoms with Crippen LogP contribution in [0.15, 0.2) is 66.1 Å². The predicted molar refractivity (Wildman–Crippen MR) is 131 cm³/mol. The summed E-state index contributed by atoms with van der Waals surface area (Å²) >= 11 is 0. The molecule has 0 N–H and O–H groups in total. The molecule has 2 aromatic rings. The Kier molecular flexibility index (Phi) is 9.21. The van der Waals surface area contributed by atoms with Crippen molar-refractivity contribution in [3.8, 4) is 17.6 Å². The quantitative estimate of drug-likeness (QED) is 0.405. The Balaban J connectivity index is 1.46. The second kappa shape index (κ2) is 12.3. The number of nitrogens with zero attached hydrogens (tertiary/aromatic N) is 2. The highest BCUT2D eigenvalue weighted by Crippen LogP contribution is 2.22. The summed E-state index contributed by atoms with van der Waals surface area (Å²) in [7, 11) is -3.42. The molecule has 1 saturated heterocycles. The first-order valence-corrected chi connectivity index (χ1v) is 12.8. The molecule has 0 aromatic heterocycles. The lowest BCUT2D eigenvalue weighted by Crippen LogP contribution is -2.48. The Morgan fingerprint density at radius 2 is 1.69 bits per heavy atom. The summed E-state index contributed by atoms with van der Waals surface area (Å²) in [6.45, 7) is 4.91. The Labute approximate surface area is 192 Å². The monoisotopic (exact) mass is 452 g/mol. The summed E-state index contributed by atoms with van der Waals surface area (Å²) in [6, 6.07) is 18.0. The van der Waals surface area contributed by atoms with E-state index in [9.17, 15) is 8.42 Å². The highest BCUT2D eigenvalue weighted by atomic mass is 32.2. The minimum Gasteiger partial charge on any atom is -0.489 e. The number of unbranched alkanes of at least 4 members (excludes halogenated alkanes) is 3. The van der Waals surface area contributed by atoms with Crippen LogP contribution in [0, 0.1) is 11.8 Å². The molecular weight excluding hydrogens is 420 g/mol. The van der Waals surface area contributed by atoms with Crippen LogP contribution in [0.5, 0.6) is 5.75 Å². The normalized spacial score (nSPS) is 14.8. The van der Waals surface area contributed by atoms with E-state index in [1.54, 1.807) is 0 Å². The van der Waals surface area contributed by atoms with Crippen molar-refractivity contribution >= 4 is 15.7 Å². The standard InChI is InChI=1S/C26H32N2O3S/c1-2-3-4-5-6-7-11-22-32(29,30)28-20-18-27(19-21-28)25-14-16-26(17-15-25)31-23-24-12-9-8-10-13-24/h8-17,22H,2-5,18-21,23H2,1H3. The molecule has 0 spiro atoms. The van der Waals surface area contributed by atoms with Crippen LogP contribution < -0.4 is 9.64 Å². The average Bonchev–Trinajstić information content (AvgIpc) is 2.83. The van der Waals surface area contributed by atoms with Gasteiger partial charge in [-0.05, 0) is 36.2 Å². The van der Waals surface area contributed by atoms with Crippen LogP contribution in [0.25, 0.3) is 0 Å². The molecule has 5 nitrogen and oxygen atoms in total. The van der Waals surface area contributed by atoms with E-state index in [-0.39, 0.29) is 0 Å². The fourth-order valence-electron chi connectivity index (χ4n) is 3.50. The molecule has 0 radical (unpaired) electrons. The average molecular weight is 453 g/mol. The van der Waals surface area contributed by atoms with Crippen LogP contribution in [-0.2, 0) is 16.6 Å². The van der Waals surface area contributed by atoms with E-state index in [0.717, 1.165) is 42.7 Å². The van der Waals surface area contributed by atoms with Gasteiger partial charge in [-0.1, -0.05) is 61.9 Å². The third-order valence-corrected chi connectivity index (χ3v) is 6.94. The number of piperazine rings is 1. The van der Waals surface area contributed by atoms with Crippen LogP contribution in [0.2, 0.25) is 0 Å². The summed E-state index contributed by atoms with van der Waals surface area (Å²) < 4.78 is 32.4. The van der Waals surface area contributed by atoms with Crippen molar-refractivity contribution < 1.29 is 13.2 Å². The van der Waals surface area contributed by atoms with Crippen LogP contribution in [0.1, 0.15) is 38.2 Å². The van der Waals surface area contributed by atoms with Gasteiger partial charge in [0.05, 0.1) is 5.41 Å². The third kappa shape index (κ3) is 7.44. The van der Waals surface area contributed by atoms with Gasteiger partial charge >= 0.3 is 0 Å². The number of rotatable bonds is 9. The van der Waals surface area contributed by atoms with Crippen molar-refractivity contribution in [2.24, 2.45) is 0 Å². The molecule has 32 heavy (non-hydrogen) atoms. The zero-order valence-electron chi connectivity index (χ0n) is 18.7. The summed E-state index contributed by atoms with van der Waals surface area (Å²) in [5, 5.41) is 1.23. The van der Waals surface area contributed by atoms with Crippen LogP contribution in [0.4, 0.5) is 5.69 Å². The van der Waals surface area contributed by atoms with Gasteiger partial charge in [-0.25, -0.2) is 8.42 Å². The minimum absolute atomic E-state index is 0.461. The van der Waals surface area contributed by atoms with Crippen molar-refractivity contribution in [1.29, 1.82) is 0 Å². The molecule has 2 aromatic carbocycles. The second-order valence-electron chi connectivity index (χ2n) is 7.78. The fourth-order valence-corrected chi connectivity index (χ4v) is 4.58. The third-order valence-electron chi connectivity index (χ3n) is 5.38. The van der Waals surface area contributed by atoms with E-state index in [0.29, 0.717) is 32.8 Å². The molecule has 0 amide bonds. The lowest BCUT2D eigenvalue weighted by atomic mass is 10.2. The molecule has 0 saturated carbocycles. The smallest absolute Gasteiger partial charge is 0.236 e. The van der Waals surface area contributed by atoms with Gasteiger partial charge in [-0.2, -0.15) is 4.31 Å². The van der Waals surface area contributed by atoms with Crippen LogP contribution in [-0.4, -0.2) is 38.9 Å². The molecule has 0 unspecified atom stereocenters. The first-order chi connectivity index (χ1) is 15.6. The van der Waals surface area contributed by atoms with Crippen molar-refractivity contribution in [3.63, 3.8) is 0 Å². The van der Waals surface area contributed by atoms with Crippen molar-refractivity contribution in [2.45, 2.75) is 39.2 Å². The topological polar surface area (TPSA) is 49.9 Å². The highest BCUT2D eigenvalue weighted by Gasteiger charge is 2.25. The number of anilines is 1. The molecule has 1 aliphatic heterocycles. The Morgan fingerprint density at radius 1 is 0.969 bits per heavy atom. The van der Waals surface area contributed by atoms with Crippen molar-refractivity contribution in [2.75, 3.05) is 31.1 Å². The molecule has 0 aliphatic carbocycles. The maximum atomic E-state index is 12.5. The first kappa shape index (κ1) is 23.9. The largest absolute Gasteiger partial charge is 0.489 e. The minimum atomic E-state index is -3.42. The molecule has 1 heterocycles. The predicted octanol–water partition coefficient (Wildman–Crippen LogP) is 4.81. The van der Waals surface area contributed by atoms with Gasteiger partial charge in [0, 0.05) is 44.4 Å². The number of sulfonamides is 1. The summed E-state index contributed by atoms with van der Waals surface area (Å²) in [5.74, 6) is 6.67. The van der Waals surface area contributed by atoms with E-state index in [1.807, 2.05) is 54.6 Å². The lowest BCUT2D eigenvalue weighted by Gasteiger charge is -2.34. The van der Waals surface area contributed by atoms with Crippen LogP contribution >= 0.6 is 0 Å². The van der Waals surface area contributed by atoms with Crippen molar-refractivity contribution in [1.82, 2.24) is 4.31 Å². The number of hydrogen-bond donors (Lipinski definition) is 0. The number of hydrogen-bond acceptors (Lipinski definition) is 4. The Hall–Kier alpha value is -2.75. The Bertz CT molecular complexity index is 1010. The van der Waals surface area contributed by atoms with Gasteiger partial charge in [0.2, 0.25) is 10.0 Å². The van der Waals surface area contributed by atoms with E-state index in [1.165, 1.54) is 15.8 Å². The molecule has 1 fully saturated rings. The SMILES string of the molecule is CCCCCC#CC=CS(=O)(=O)N1CCN(c2ccc(OCc3ccccc3)cc2)CC1. The number of ether oxygens (including phenoxy) is 1. The van der Waals surface area contributed by atoms with Crippen LogP contribution in [0.3, 0.4) is 0 Å². The molecule has 0 atom stereocenters. The molecule has 6 heteroatoms. The lowest BCUT2D eigenvalue weighted by molar-refractivity contribution is 0.306. The summed E-state index contributed by atoms with van der Waals surface area (Å²) in [6.07, 6.45) is 5.65. The molecule has 170 valence electrons. The first-order valence-electron chi connectivity index (χ1n) is 11.3. The van der Waals surface area contributed by atoms with Gasteiger partial charge in [0.15, 0.2) is 0 Å². The maximum absolute atomic E-state index is 12.5. The van der Waals surface area contributed by atoms with Gasteiger partial charge in [-0.15, -0.1) is 0 Å². The van der Waals surface area contributed by atoms with Gasteiger partial charge in [0.25, 0.3) is 0 Å².